The van der Waals surface area contributed by atoms with Crippen molar-refractivity contribution in [3.05, 3.63) is 24.3 Å². The Morgan fingerprint density at radius 2 is 2.12 bits per heavy atom. The number of carbonyl (C=O) groups is 1. The minimum absolute atomic E-state index is 0.0805. The Morgan fingerprint density at radius 1 is 1.35 bits per heavy atom. The van der Waals surface area contributed by atoms with Crippen LogP contribution >= 0.6 is 0 Å². The first-order valence-corrected chi connectivity index (χ1v) is 5.97. The van der Waals surface area contributed by atoms with Gasteiger partial charge in [-0.2, -0.15) is 0 Å². The highest BCUT2D eigenvalue weighted by molar-refractivity contribution is 5.89. The zero-order chi connectivity index (χ0) is 12.3. The number of hydrogen-bond acceptors (Lipinski definition) is 3. The van der Waals surface area contributed by atoms with Crippen molar-refractivity contribution in [2.75, 3.05) is 10.6 Å². The van der Waals surface area contributed by atoms with Crippen LogP contribution in [0.15, 0.2) is 24.3 Å². The van der Waals surface area contributed by atoms with E-state index >= 15 is 0 Å². The van der Waals surface area contributed by atoms with Gasteiger partial charge in [-0.25, -0.2) is 0 Å². The number of benzene rings is 1. The number of amides is 1. The first kappa shape index (κ1) is 11.9. The van der Waals surface area contributed by atoms with Crippen LogP contribution in [-0.4, -0.2) is 23.2 Å². The van der Waals surface area contributed by atoms with E-state index in [1.54, 1.807) is 0 Å². The number of aliphatic hydroxyl groups is 1. The smallest absolute Gasteiger partial charge is 0.221 e. The Balaban J connectivity index is 2.03. The van der Waals surface area contributed by atoms with Gasteiger partial charge in [0.1, 0.15) is 0 Å². The molecule has 92 valence electrons. The maximum absolute atomic E-state index is 10.9. The summed E-state index contributed by atoms with van der Waals surface area (Å²) in [5.74, 6) is -0.0805. The Labute approximate surface area is 101 Å². The van der Waals surface area contributed by atoms with Gasteiger partial charge in [-0.1, -0.05) is 6.07 Å². The third-order valence-corrected chi connectivity index (χ3v) is 3.01. The third kappa shape index (κ3) is 3.20. The highest BCUT2D eigenvalue weighted by Gasteiger charge is 2.24. The van der Waals surface area contributed by atoms with Gasteiger partial charge >= 0.3 is 0 Å². The lowest BCUT2D eigenvalue weighted by Crippen LogP contribution is -2.27. The van der Waals surface area contributed by atoms with E-state index in [-0.39, 0.29) is 18.1 Å². The summed E-state index contributed by atoms with van der Waals surface area (Å²) in [5, 5.41) is 15.8. The SMILES string of the molecule is CC(=O)Nc1cccc(N[C@H]2CCC[C@@H]2O)c1. The number of carbonyl (C=O) groups excluding carboxylic acids is 1. The first-order valence-electron chi connectivity index (χ1n) is 5.97. The molecule has 1 saturated carbocycles. The molecule has 1 aliphatic rings. The second-order valence-corrected chi connectivity index (χ2v) is 4.51. The second kappa shape index (κ2) is 5.19. The molecule has 0 aliphatic heterocycles. The lowest BCUT2D eigenvalue weighted by atomic mass is 10.2. The number of aliphatic hydroxyl groups excluding tert-OH is 1. The Kier molecular flexibility index (Phi) is 3.64. The molecule has 0 spiro atoms. The zero-order valence-electron chi connectivity index (χ0n) is 9.94. The molecule has 2 atom stereocenters. The highest BCUT2D eigenvalue weighted by atomic mass is 16.3. The molecule has 0 bridgehead atoms. The summed E-state index contributed by atoms with van der Waals surface area (Å²) < 4.78 is 0. The van der Waals surface area contributed by atoms with Crippen molar-refractivity contribution in [3.63, 3.8) is 0 Å². The predicted octanol–water partition coefficient (Wildman–Crippen LogP) is 1.97. The minimum atomic E-state index is -0.264. The van der Waals surface area contributed by atoms with Gasteiger partial charge in [0.25, 0.3) is 0 Å². The fraction of sp³-hybridized carbons (Fsp3) is 0.462. The normalized spacial score (nSPS) is 23.4. The number of nitrogens with one attached hydrogen (secondary N) is 2. The molecule has 0 unspecified atom stereocenters. The van der Waals surface area contributed by atoms with Crippen molar-refractivity contribution in [2.24, 2.45) is 0 Å². The van der Waals surface area contributed by atoms with E-state index < -0.39 is 0 Å². The van der Waals surface area contributed by atoms with Gasteiger partial charge in [0.2, 0.25) is 5.91 Å². The van der Waals surface area contributed by atoms with Crippen molar-refractivity contribution in [1.29, 1.82) is 0 Å². The number of rotatable bonds is 3. The van der Waals surface area contributed by atoms with Crippen molar-refractivity contribution in [1.82, 2.24) is 0 Å². The van der Waals surface area contributed by atoms with Gasteiger partial charge < -0.3 is 15.7 Å². The molecule has 1 amide bonds. The number of anilines is 2. The molecule has 4 nitrogen and oxygen atoms in total. The summed E-state index contributed by atoms with van der Waals surface area (Å²) in [5.41, 5.74) is 1.71. The van der Waals surface area contributed by atoms with Crippen molar-refractivity contribution in [2.45, 2.75) is 38.3 Å². The summed E-state index contributed by atoms with van der Waals surface area (Å²) in [6.07, 6.45) is 2.65. The lowest BCUT2D eigenvalue weighted by Gasteiger charge is -2.18. The van der Waals surface area contributed by atoms with Gasteiger partial charge in [-0.15, -0.1) is 0 Å². The van der Waals surface area contributed by atoms with E-state index in [1.165, 1.54) is 6.92 Å². The summed E-state index contributed by atoms with van der Waals surface area (Å²) in [4.78, 5) is 10.9. The molecule has 3 N–H and O–H groups in total. The van der Waals surface area contributed by atoms with Gasteiger partial charge in [0.15, 0.2) is 0 Å². The van der Waals surface area contributed by atoms with Crippen LogP contribution in [0.4, 0.5) is 11.4 Å². The zero-order valence-corrected chi connectivity index (χ0v) is 9.94. The fourth-order valence-corrected chi connectivity index (χ4v) is 2.21. The van der Waals surface area contributed by atoms with E-state index in [0.29, 0.717) is 0 Å². The van der Waals surface area contributed by atoms with Crippen LogP contribution in [0.1, 0.15) is 26.2 Å². The Morgan fingerprint density at radius 3 is 2.76 bits per heavy atom. The highest BCUT2D eigenvalue weighted by Crippen LogP contribution is 2.24. The third-order valence-electron chi connectivity index (χ3n) is 3.01. The largest absolute Gasteiger partial charge is 0.391 e. The molecular formula is C13H18N2O2. The lowest BCUT2D eigenvalue weighted by molar-refractivity contribution is -0.114. The van der Waals surface area contributed by atoms with Crippen LogP contribution in [0, 0.1) is 0 Å². The minimum Gasteiger partial charge on any atom is -0.391 e. The molecule has 0 saturated heterocycles. The summed E-state index contributed by atoms with van der Waals surface area (Å²) >= 11 is 0. The molecule has 1 aliphatic carbocycles. The van der Waals surface area contributed by atoms with E-state index in [9.17, 15) is 9.90 Å². The van der Waals surface area contributed by atoms with Crippen LogP contribution in [0.3, 0.4) is 0 Å². The fourth-order valence-electron chi connectivity index (χ4n) is 2.21. The van der Waals surface area contributed by atoms with Crippen LogP contribution < -0.4 is 10.6 Å². The molecule has 1 aromatic carbocycles. The summed E-state index contributed by atoms with van der Waals surface area (Å²) in [6, 6.07) is 7.68. The second-order valence-electron chi connectivity index (χ2n) is 4.51. The molecule has 1 aromatic rings. The van der Waals surface area contributed by atoms with E-state index in [4.69, 9.17) is 0 Å². The molecule has 17 heavy (non-hydrogen) atoms. The average molecular weight is 234 g/mol. The van der Waals surface area contributed by atoms with Crippen LogP contribution in [0.25, 0.3) is 0 Å². The molecule has 0 heterocycles. The van der Waals surface area contributed by atoms with Gasteiger partial charge in [0.05, 0.1) is 12.1 Å². The molecule has 0 radical (unpaired) electrons. The average Bonchev–Trinajstić information content (AvgIpc) is 2.64. The topological polar surface area (TPSA) is 61.4 Å². The van der Waals surface area contributed by atoms with Crippen molar-refractivity contribution in [3.8, 4) is 0 Å². The van der Waals surface area contributed by atoms with Crippen molar-refractivity contribution < 1.29 is 9.90 Å². The van der Waals surface area contributed by atoms with Gasteiger partial charge in [-0.05, 0) is 37.5 Å². The van der Waals surface area contributed by atoms with Crippen LogP contribution in [0.5, 0.6) is 0 Å². The van der Waals surface area contributed by atoms with Crippen LogP contribution in [-0.2, 0) is 4.79 Å². The molecule has 4 heteroatoms. The maximum Gasteiger partial charge on any atom is 0.221 e. The quantitative estimate of drug-likeness (QED) is 0.749. The molecule has 2 rings (SSSR count). The summed E-state index contributed by atoms with van der Waals surface area (Å²) in [6.45, 7) is 1.49. The summed E-state index contributed by atoms with van der Waals surface area (Å²) in [7, 11) is 0. The van der Waals surface area contributed by atoms with Gasteiger partial charge in [0, 0.05) is 18.3 Å². The number of hydrogen-bond donors (Lipinski definition) is 3. The predicted molar refractivity (Wildman–Crippen MR) is 68.0 cm³/mol. The van der Waals surface area contributed by atoms with E-state index in [2.05, 4.69) is 10.6 Å². The molecule has 1 fully saturated rings. The standard InChI is InChI=1S/C13H18N2O2/c1-9(16)14-10-4-2-5-11(8-10)15-12-6-3-7-13(12)17/h2,4-5,8,12-13,15,17H,3,6-7H2,1H3,(H,14,16)/t12-,13-/m0/s1. The first-order chi connectivity index (χ1) is 8.15. The molecular weight excluding hydrogens is 216 g/mol. The van der Waals surface area contributed by atoms with Crippen molar-refractivity contribution >= 4 is 17.3 Å². The van der Waals surface area contributed by atoms with E-state index in [0.717, 1.165) is 30.6 Å². The Hall–Kier alpha value is -1.55. The van der Waals surface area contributed by atoms with Gasteiger partial charge in [-0.3, -0.25) is 4.79 Å². The monoisotopic (exact) mass is 234 g/mol. The van der Waals surface area contributed by atoms with Crippen LogP contribution in [0.2, 0.25) is 0 Å². The molecule has 0 aromatic heterocycles. The maximum atomic E-state index is 10.9. The van der Waals surface area contributed by atoms with E-state index in [1.807, 2.05) is 24.3 Å². The Bertz CT molecular complexity index is 406.